The summed E-state index contributed by atoms with van der Waals surface area (Å²) in [7, 11) is 1.52. The minimum atomic E-state index is 0.139. The molecule has 2 rings (SSSR count). The van der Waals surface area contributed by atoms with Crippen molar-refractivity contribution in [2.45, 2.75) is 13.8 Å². The smallest absolute Gasteiger partial charge is 0.150 e. The van der Waals surface area contributed by atoms with Crippen molar-refractivity contribution in [2.75, 3.05) is 7.11 Å². The molecule has 0 spiro atoms. The predicted molar refractivity (Wildman–Crippen MR) is 76.6 cm³/mol. The van der Waals surface area contributed by atoms with E-state index < -0.39 is 0 Å². The molecule has 2 aromatic rings. The molecule has 0 atom stereocenters. The number of nitrogens with zero attached hydrogens (tertiary/aromatic N) is 2. The molecule has 4 heteroatoms. The van der Waals surface area contributed by atoms with Crippen LogP contribution < -0.4 is 4.74 Å². The lowest BCUT2D eigenvalue weighted by atomic mass is 10.3. The van der Waals surface area contributed by atoms with Crippen LogP contribution in [-0.2, 0) is 0 Å². The van der Waals surface area contributed by atoms with Crippen LogP contribution in [0.2, 0.25) is 0 Å². The van der Waals surface area contributed by atoms with E-state index in [1.54, 1.807) is 12.1 Å². The number of ether oxygens (including phenoxy) is 1. The fourth-order valence-corrected chi connectivity index (χ4v) is 1.36. The van der Waals surface area contributed by atoms with Crippen LogP contribution in [-0.4, -0.2) is 12.2 Å². The zero-order valence-electron chi connectivity index (χ0n) is 11.4. The third-order valence-electron chi connectivity index (χ3n) is 2.19. The Balaban J connectivity index is 0.000000861. The molecule has 0 bridgehead atoms. The van der Waals surface area contributed by atoms with Gasteiger partial charge in [-0.1, -0.05) is 32.0 Å². The Morgan fingerprint density at radius 3 is 2.26 bits per heavy atom. The molecule has 4 nitrogen and oxygen atoms in total. The first-order valence-corrected chi connectivity index (χ1v) is 6.13. The second-order valence-electron chi connectivity index (χ2n) is 3.39. The molecule has 1 N–H and O–H groups in total. The van der Waals surface area contributed by atoms with Gasteiger partial charge in [0.2, 0.25) is 0 Å². The standard InChI is InChI=1S/C13H12N2O2.C2H6/c1-17-13-9-11(16)7-8-12(13)15-14-10-5-3-2-4-6-10;1-2/h2-9,16H,1H3;1-2H3. The molecule has 2 aromatic carbocycles. The third kappa shape index (κ3) is 4.43. The van der Waals surface area contributed by atoms with Crippen molar-refractivity contribution < 1.29 is 9.84 Å². The van der Waals surface area contributed by atoms with Gasteiger partial charge in [0.1, 0.15) is 17.2 Å². The molecular weight excluding hydrogens is 240 g/mol. The third-order valence-corrected chi connectivity index (χ3v) is 2.19. The van der Waals surface area contributed by atoms with Crippen LogP contribution in [0.3, 0.4) is 0 Å². The molecule has 0 aliphatic rings. The highest BCUT2D eigenvalue weighted by atomic mass is 16.5. The van der Waals surface area contributed by atoms with E-state index in [2.05, 4.69) is 10.2 Å². The Kier molecular flexibility index (Phi) is 6.09. The van der Waals surface area contributed by atoms with E-state index in [-0.39, 0.29) is 5.75 Å². The van der Waals surface area contributed by atoms with Crippen molar-refractivity contribution in [1.82, 2.24) is 0 Å². The minimum Gasteiger partial charge on any atom is -0.508 e. The molecule has 0 saturated carbocycles. The number of phenolic OH excluding ortho intramolecular Hbond substituents is 1. The summed E-state index contributed by atoms with van der Waals surface area (Å²) in [5.74, 6) is 0.630. The zero-order chi connectivity index (χ0) is 14.1. The summed E-state index contributed by atoms with van der Waals surface area (Å²) >= 11 is 0. The quantitative estimate of drug-likeness (QED) is 0.800. The van der Waals surface area contributed by atoms with Crippen LogP contribution >= 0.6 is 0 Å². The SMILES string of the molecule is CC.COc1cc(O)ccc1N=Nc1ccccc1. The van der Waals surface area contributed by atoms with Gasteiger partial charge in [-0.15, -0.1) is 5.11 Å². The van der Waals surface area contributed by atoms with Gasteiger partial charge in [0, 0.05) is 6.07 Å². The van der Waals surface area contributed by atoms with E-state index >= 15 is 0 Å². The largest absolute Gasteiger partial charge is 0.508 e. The molecule has 0 aliphatic heterocycles. The van der Waals surface area contributed by atoms with Crippen molar-refractivity contribution in [3.63, 3.8) is 0 Å². The van der Waals surface area contributed by atoms with Crippen LogP contribution in [0.5, 0.6) is 11.5 Å². The van der Waals surface area contributed by atoms with Gasteiger partial charge in [0.05, 0.1) is 12.8 Å². The van der Waals surface area contributed by atoms with Crippen molar-refractivity contribution >= 4 is 11.4 Å². The van der Waals surface area contributed by atoms with Crippen LogP contribution in [0.4, 0.5) is 11.4 Å². The van der Waals surface area contributed by atoms with E-state index in [1.165, 1.54) is 13.2 Å². The van der Waals surface area contributed by atoms with E-state index in [1.807, 2.05) is 44.2 Å². The van der Waals surface area contributed by atoms with Gasteiger partial charge in [-0.3, -0.25) is 0 Å². The molecule has 0 aliphatic carbocycles. The summed E-state index contributed by atoms with van der Waals surface area (Å²) in [6.45, 7) is 4.00. The van der Waals surface area contributed by atoms with Gasteiger partial charge in [0.25, 0.3) is 0 Å². The first-order valence-electron chi connectivity index (χ1n) is 6.13. The molecule has 0 heterocycles. The number of azo groups is 1. The average molecular weight is 258 g/mol. The lowest BCUT2D eigenvalue weighted by molar-refractivity contribution is 0.408. The lowest BCUT2D eigenvalue weighted by Gasteiger charge is -2.03. The second-order valence-corrected chi connectivity index (χ2v) is 3.39. The van der Waals surface area contributed by atoms with Crippen LogP contribution in [0.15, 0.2) is 58.8 Å². The molecule has 19 heavy (non-hydrogen) atoms. The van der Waals surface area contributed by atoms with Crippen LogP contribution in [0.1, 0.15) is 13.8 Å². The number of phenols is 1. The Bertz CT molecular complexity index is 525. The Morgan fingerprint density at radius 1 is 0.947 bits per heavy atom. The number of methoxy groups -OCH3 is 1. The molecule has 0 radical (unpaired) electrons. The van der Waals surface area contributed by atoms with Gasteiger partial charge in [-0.2, -0.15) is 5.11 Å². The van der Waals surface area contributed by atoms with E-state index in [4.69, 9.17) is 4.74 Å². The van der Waals surface area contributed by atoms with E-state index in [0.717, 1.165) is 5.69 Å². The fraction of sp³-hybridized carbons (Fsp3) is 0.200. The summed E-state index contributed by atoms with van der Waals surface area (Å²) in [5.41, 5.74) is 1.34. The fourth-order valence-electron chi connectivity index (χ4n) is 1.36. The van der Waals surface area contributed by atoms with Gasteiger partial charge in [0.15, 0.2) is 0 Å². The van der Waals surface area contributed by atoms with E-state index in [9.17, 15) is 5.11 Å². The lowest BCUT2D eigenvalue weighted by Crippen LogP contribution is -1.82. The molecular formula is C15H18N2O2. The Labute approximate surface area is 113 Å². The van der Waals surface area contributed by atoms with E-state index in [0.29, 0.717) is 11.4 Å². The van der Waals surface area contributed by atoms with Gasteiger partial charge in [-0.05, 0) is 24.3 Å². The molecule has 0 amide bonds. The monoisotopic (exact) mass is 258 g/mol. The molecule has 0 fully saturated rings. The average Bonchev–Trinajstić information content (AvgIpc) is 2.49. The normalized spacial score (nSPS) is 9.84. The van der Waals surface area contributed by atoms with Crippen molar-refractivity contribution in [2.24, 2.45) is 10.2 Å². The van der Waals surface area contributed by atoms with Crippen molar-refractivity contribution in [1.29, 1.82) is 0 Å². The molecule has 0 unspecified atom stereocenters. The highest BCUT2D eigenvalue weighted by Gasteiger charge is 2.02. The van der Waals surface area contributed by atoms with Crippen LogP contribution in [0, 0.1) is 0 Å². The Hall–Kier alpha value is -2.36. The van der Waals surface area contributed by atoms with Gasteiger partial charge in [-0.25, -0.2) is 0 Å². The number of benzene rings is 2. The Morgan fingerprint density at radius 2 is 1.63 bits per heavy atom. The van der Waals surface area contributed by atoms with Gasteiger partial charge >= 0.3 is 0 Å². The summed E-state index contributed by atoms with van der Waals surface area (Å²) in [5, 5.41) is 17.5. The minimum absolute atomic E-state index is 0.139. The highest BCUT2D eigenvalue weighted by Crippen LogP contribution is 2.32. The molecule has 0 saturated heterocycles. The number of hydrogen-bond acceptors (Lipinski definition) is 4. The first kappa shape index (κ1) is 14.7. The van der Waals surface area contributed by atoms with Crippen molar-refractivity contribution in [3.8, 4) is 11.5 Å². The summed E-state index contributed by atoms with van der Waals surface area (Å²) in [6, 6.07) is 14.1. The summed E-state index contributed by atoms with van der Waals surface area (Å²) < 4.78 is 5.10. The summed E-state index contributed by atoms with van der Waals surface area (Å²) in [6.07, 6.45) is 0. The molecule has 100 valence electrons. The topological polar surface area (TPSA) is 54.2 Å². The number of aromatic hydroxyl groups is 1. The maximum absolute atomic E-state index is 9.30. The molecule has 0 aromatic heterocycles. The predicted octanol–water partition coefficient (Wildman–Crippen LogP) is 4.84. The maximum Gasteiger partial charge on any atom is 0.150 e. The zero-order valence-corrected chi connectivity index (χ0v) is 11.4. The van der Waals surface area contributed by atoms with Gasteiger partial charge < -0.3 is 9.84 Å². The second kappa shape index (κ2) is 7.87. The maximum atomic E-state index is 9.30. The number of rotatable bonds is 3. The highest BCUT2D eigenvalue weighted by molar-refractivity contribution is 5.54. The van der Waals surface area contributed by atoms with Crippen LogP contribution in [0.25, 0.3) is 0 Å². The van der Waals surface area contributed by atoms with Crippen molar-refractivity contribution in [3.05, 3.63) is 48.5 Å². The summed E-state index contributed by atoms with van der Waals surface area (Å²) in [4.78, 5) is 0. The first-order chi connectivity index (χ1) is 9.29. The number of hydrogen-bond donors (Lipinski definition) is 1.